The van der Waals surface area contributed by atoms with Crippen LogP contribution in [0, 0.1) is 16.0 Å². The van der Waals surface area contributed by atoms with Gasteiger partial charge in [-0.1, -0.05) is 6.07 Å². The lowest BCUT2D eigenvalue weighted by atomic mass is 9.79. The summed E-state index contributed by atoms with van der Waals surface area (Å²) < 4.78 is 30.7. The number of rotatable bonds is 8. The Labute approximate surface area is 245 Å². The topological polar surface area (TPSA) is 141 Å². The number of imide groups is 1. The summed E-state index contributed by atoms with van der Waals surface area (Å²) in [6, 6.07) is 5.22. The molecule has 2 saturated heterocycles. The molecule has 1 aliphatic carbocycles. The van der Waals surface area contributed by atoms with Gasteiger partial charge in [-0.15, -0.1) is 0 Å². The molecule has 1 saturated carbocycles. The monoisotopic (exact) mass is 600 g/mol. The molecule has 4 heterocycles. The molecule has 2 aromatic heterocycles. The molecular formula is C28H34F2N8O5. The zero-order chi connectivity index (χ0) is 30.6. The maximum atomic E-state index is 13.3. The van der Waals surface area contributed by atoms with Crippen molar-refractivity contribution < 1.29 is 23.3 Å². The predicted octanol–water partition coefficient (Wildman–Crippen LogP) is 2.91. The van der Waals surface area contributed by atoms with Gasteiger partial charge in [0.05, 0.1) is 27.7 Å². The highest BCUT2D eigenvalue weighted by Crippen LogP contribution is 2.40. The van der Waals surface area contributed by atoms with E-state index in [1.165, 1.54) is 9.25 Å². The number of carbonyl (C=O) groups is 2. The van der Waals surface area contributed by atoms with E-state index >= 15 is 0 Å². The Morgan fingerprint density at radius 2 is 1.88 bits per heavy atom. The first-order valence-electron chi connectivity index (χ1n) is 14.5. The maximum absolute atomic E-state index is 13.3. The maximum Gasteiger partial charge on any atom is 0.329 e. The highest BCUT2D eigenvalue weighted by molar-refractivity contribution is 6.00. The number of hydrogen-bond donors (Lipinski definition) is 1. The molecule has 1 atom stereocenters. The third kappa shape index (κ3) is 5.19. The fourth-order valence-corrected chi connectivity index (χ4v) is 6.95. The normalized spacial score (nSPS) is 23.3. The summed E-state index contributed by atoms with van der Waals surface area (Å²) in [5.41, 5.74) is 0.661. The van der Waals surface area contributed by atoms with Gasteiger partial charge in [-0.25, -0.2) is 13.6 Å². The zero-order valence-corrected chi connectivity index (χ0v) is 24.0. The number of aromatic nitrogens is 4. The molecule has 0 radical (unpaired) electrons. The van der Waals surface area contributed by atoms with Crippen LogP contribution in [0.5, 0.6) is 0 Å². The Morgan fingerprint density at radius 3 is 2.51 bits per heavy atom. The molecule has 3 fully saturated rings. The first-order chi connectivity index (χ1) is 20.5. The molecule has 2 aliphatic heterocycles. The van der Waals surface area contributed by atoms with Crippen molar-refractivity contribution in [1.82, 2.24) is 29.1 Å². The van der Waals surface area contributed by atoms with Crippen LogP contribution in [0.15, 0.2) is 29.2 Å². The van der Waals surface area contributed by atoms with Gasteiger partial charge in [0, 0.05) is 39.1 Å². The molecular weight excluding hydrogens is 566 g/mol. The highest BCUT2D eigenvalue weighted by Gasteiger charge is 2.37. The van der Waals surface area contributed by atoms with Crippen LogP contribution in [0.1, 0.15) is 62.7 Å². The number of aryl methyl sites for hydroxylation is 1. The fourth-order valence-electron chi connectivity index (χ4n) is 6.95. The summed E-state index contributed by atoms with van der Waals surface area (Å²) in [7, 11) is 3.80. The van der Waals surface area contributed by atoms with Crippen molar-refractivity contribution in [2.24, 2.45) is 13.0 Å². The number of nitrogens with zero attached hydrogens (tertiary/aromatic N) is 7. The number of piperidine rings is 2. The number of benzene rings is 1. The van der Waals surface area contributed by atoms with Crippen LogP contribution in [0.3, 0.4) is 0 Å². The minimum absolute atomic E-state index is 0.119. The Hall–Kier alpha value is -4.14. The number of carbonyl (C=O) groups excluding carboxylic acids is 2. The van der Waals surface area contributed by atoms with E-state index in [1.807, 2.05) is 18.2 Å². The average molecular weight is 601 g/mol. The summed E-state index contributed by atoms with van der Waals surface area (Å²) in [6.45, 7) is 2.41. The average Bonchev–Trinajstić information content (AvgIpc) is 3.51. The number of para-hydroxylation sites is 1. The second kappa shape index (κ2) is 11.2. The highest BCUT2D eigenvalue weighted by atomic mass is 19.3. The molecule has 3 aromatic rings. The van der Waals surface area contributed by atoms with E-state index in [0.29, 0.717) is 17.5 Å². The van der Waals surface area contributed by atoms with E-state index in [1.54, 1.807) is 11.6 Å². The smallest absolute Gasteiger partial charge is 0.329 e. The quantitative estimate of drug-likeness (QED) is 0.237. The SMILES string of the molecule is CN(CC1CC(n2cc([N+](=O)[O-])c(C(F)F)n2)C1)C1CCN(c2cccc3c2n(C)c(=O)n3C2CCC(=O)NC2=O)CC1. The number of imidazole rings is 1. The van der Waals surface area contributed by atoms with Gasteiger partial charge in [-0.3, -0.25) is 38.8 Å². The first-order valence-corrected chi connectivity index (χ1v) is 14.5. The van der Waals surface area contributed by atoms with E-state index < -0.39 is 34.7 Å². The van der Waals surface area contributed by atoms with Crippen molar-refractivity contribution in [3.63, 3.8) is 0 Å². The van der Waals surface area contributed by atoms with Gasteiger partial charge in [0.25, 0.3) is 6.43 Å². The Balaban J connectivity index is 1.08. The van der Waals surface area contributed by atoms with E-state index in [9.17, 15) is 33.3 Å². The number of nitrogens with one attached hydrogen (secondary N) is 1. The number of halogens is 2. The molecule has 230 valence electrons. The van der Waals surface area contributed by atoms with Gasteiger partial charge >= 0.3 is 11.4 Å². The van der Waals surface area contributed by atoms with Crippen LogP contribution in [0.25, 0.3) is 11.0 Å². The van der Waals surface area contributed by atoms with E-state index in [2.05, 4.69) is 27.3 Å². The van der Waals surface area contributed by atoms with Gasteiger partial charge in [0.15, 0.2) is 0 Å². The number of alkyl halides is 2. The van der Waals surface area contributed by atoms with Gasteiger partial charge in [-0.2, -0.15) is 5.10 Å². The molecule has 1 N–H and O–H groups in total. The molecule has 6 rings (SSSR count). The number of fused-ring (bicyclic) bond motifs is 1. The standard InChI is InChI=1S/C28H34F2N8O5/c1-33(14-16-12-18(13-16)36-15-22(38(42)43)24(32-36)26(29)30)17-8-10-35(11-9-17)19-4-3-5-20-25(19)34(2)28(41)37(20)21-6-7-23(39)31-27(21)40/h3-5,15-18,21,26H,6-14H2,1-2H3,(H,31,39,40). The van der Waals surface area contributed by atoms with Crippen LogP contribution >= 0.6 is 0 Å². The lowest BCUT2D eigenvalue weighted by molar-refractivity contribution is -0.386. The Kier molecular flexibility index (Phi) is 7.52. The van der Waals surface area contributed by atoms with Crippen molar-refractivity contribution >= 4 is 34.2 Å². The molecule has 2 amide bonds. The van der Waals surface area contributed by atoms with Crippen LogP contribution in [0.2, 0.25) is 0 Å². The lowest BCUT2D eigenvalue weighted by Gasteiger charge is -2.42. The van der Waals surface area contributed by atoms with Crippen molar-refractivity contribution in [3.8, 4) is 0 Å². The van der Waals surface area contributed by atoms with Crippen LogP contribution in [-0.2, 0) is 16.6 Å². The summed E-state index contributed by atoms with van der Waals surface area (Å²) in [5.74, 6) is -0.434. The summed E-state index contributed by atoms with van der Waals surface area (Å²) in [6.07, 6.45) is 1.88. The summed E-state index contributed by atoms with van der Waals surface area (Å²) in [4.78, 5) is 52.4. The molecule has 1 aromatic carbocycles. The minimum Gasteiger partial charge on any atom is -0.370 e. The Bertz CT molecular complexity index is 1630. The molecule has 1 unspecified atom stereocenters. The predicted molar refractivity (Wildman–Crippen MR) is 152 cm³/mol. The minimum atomic E-state index is -2.99. The van der Waals surface area contributed by atoms with E-state index in [0.717, 1.165) is 62.7 Å². The van der Waals surface area contributed by atoms with Crippen molar-refractivity contribution in [2.75, 3.05) is 31.6 Å². The molecule has 3 aliphatic rings. The number of anilines is 1. The lowest BCUT2D eigenvalue weighted by Crippen LogP contribution is -2.46. The van der Waals surface area contributed by atoms with E-state index in [-0.39, 0.29) is 30.5 Å². The summed E-state index contributed by atoms with van der Waals surface area (Å²) in [5, 5.41) is 17.3. The largest absolute Gasteiger partial charge is 0.370 e. The van der Waals surface area contributed by atoms with Gasteiger partial charge in [0.1, 0.15) is 12.2 Å². The molecule has 0 spiro atoms. The van der Waals surface area contributed by atoms with E-state index in [4.69, 9.17) is 0 Å². The molecule has 13 nitrogen and oxygen atoms in total. The van der Waals surface area contributed by atoms with Crippen LogP contribution in [-0.4, -0.2) is 73.3 Å². The Morgan fingerprint density at radius 1 is 1.16 bits per heavy atom. The third-order valence-electron chi connectivity index (χ3n) is 9.31. The fraction of sp³-hybridized carbons (Fsp3) is 0.571. The summed E-state index contributed by atoms with van der Waals surface area (Å²) >= 11 is 0. The van der Waals surface area contributed by atoms with Gasteiger partial charge in [-0.05, 0) is 57.2 Å². The van der Waals surface area contributed by atoms with Crippen LogP contribution < -0.4 is 15.9 Å². The van der Waals surface area contributed by atoms with Gasteiger partial charge in [0.2, 0.25) is 17.5 Å². The van der Waals surface area contributed by atoms with Crippen molar-refractivity contribution in [2.45, 2.75) is 63.1 Å². The van der Waals surface area contributed by atoms with Gasteiger partial charge < -0.3 is 9.80 Å². The van der Waals surface area contributed by atoms with Crippen molar-refractivity contribution in [1.29, 1.82) is 0 Å². The molecule has 43 heavy (non-hydrogen) atoms. The zero-order valence-electron chi connectivity index (χ0n) is 24.0. The second-order valence-corrected chi connectivity index (χ2v) is 11.9. The molecule has 0 bridgehead atoms. The number of nitro groups is 1. The molecule has 15 heteroatoms. The first kappa shape index (κ1) is 29.0. The van der Waals surface area contributed by atoms with Crippen LogP contribution in [0.4, 0.5) is 20.2 Å². The second-order valence-electron chi connectivity index (χ2n) is 11.9. The number of amides is 2. The number of hydrogen-bond acceptors (Lipinski definition) is 8. The third-order valence-corrected chi connectivity index (χ3v) is 9.31. The van der Waals surface area contributed by atoms with Crippen molar-refractivity contribution in [3.05, 3.63) is 50.7 Å².